The van der Waals surface area contributed by atoms with Crippen LogP contribution in [0.25, 0.3) is 10.8 Å². The molecule has 0 fully saturated rings. The number of carbonyl (C=O) groups is 1. The lowest BCUT2D eigenvalue weighted by Gasteiger charge is -2.28. The first-order valence-electron chi connectivity index (χ1n) is 6.96. The number of aromatic nitrogens is 1. The molecule has 114 valence electrons. The van der Waals surface area contributed by atoms with E-state index < -0.39 is 0 Å². The third-order valence-electron chi connectivity index (χ3n) is 3.51. The Morgan fingerprint density at radius 3 is 3.00 bits per heavy atom. The van der Waals surface area contributed by atoms with Gasteiger partial charge in [-0.05, 0) is 31.9 Å². The number of thiazole rings is 1. The molecule has 5 nitrogen and oxygen atoms in total. The fourth-order valence-corrected chi connectivity index (χ4v) is 2.81. The molecule has 0 saturated carbocycles. The standard InChI is InChI=1S/C15H20N2O3S/c1-3-15(2,6-7-18)17-13(19)9-11-10-21-14(16-11)12-5-4-8-20-12/h4-5,8,10,18H,3,6-7,9H2,1-2H3,(H,17,19). The summed E-state index contributed by atoms with van der Waals surface area (Å²) in [7, 11) is 0. The summed E-state index contributed by atoms with van der Waals surface area (Å²) in [6, 6.07) is 3.66. The zero-order valence-electron chi connectivity index (χ0n) is 12.3. The van der Waals surface area contributed by atoms with Gasteiger partial charge in [-0.15, -0.1) is 11.3 Å². The molecule has 6 heteroatoms. The maximum atomic E-state index is 12.1. The van der Waals surface area contributed by atoms with Crippen molar-refractivity contribution in [3.8, 4) is 10.8 Å². The Kier molecular flexibility index (Phi) is 5.14. The summed E-state index contributed by atoms with van der Waals surface area (Å²) in [6.45, 7) is 3.99. The summed E-state index contributed by atoms with van der Waals surface area (Å²) < 4.78 is 5.29. The monoisotopic (exact) mass is 308 g/mol. The van der Waals surface area contributed by atoms with Gasteiger partial charge in [0, 0.05) is 17.5 Å². The second-order valence-electron chi connectivity index (χ2n) is 5.23. The predicted molar refractivity (Wildman–Crippen MR) is 82.1 cm³/mol. The predicted octanol–water partition coefficient (Wildman–Crippen LogP) is 2.61. The summed E-state index contributed by atoms with van der Waals surface area (Å²) in [5.41, 5.74) is 0.359. The topological polar surface area (TPSA) is 75.4 Å². The van der Waals surface area contributed by atoms with Crippen molar-refractivity contribution >= 4 is 17.2 Å². The summed E-state index contributed by atoms with van der Waals surface area (Å²) in [5, 5.41) is 14.7. The van der Waals surface area contributed by atoms with Crippen molar-refractivity contribution in [1.29, 1.82) is 0 Å². The molecule has 2 heterocycles. The summed E-state index contributed by atoms with van der Waals surface area (Å²) in [5.74, 6) is 0.634. The van der Waals surface area contributed by atoms with Crippen LogP contribution < -0.4 is 5.32 Å². The lowest BCUT2D eigenvalue weighted by molar-refractivity contribution is -0.122. The zero-order chi connectivity index (χ0) is 15.3. The van der Waals surface area contributed by atoms with E-state index in [9.17, 15) is 4.79 Å². The molecule has 0 aromatic carbocycles. The Morgan fingerprint density at radius 1 is 1.57 bits per heavy atom. The van der Waals surface area contributed by atoms with Crippen molar-refractivity contribution in [3.05, 3.63) is 29.5 Å². The van der Waals surface area contributed by atoms with Gasteiger partial charge in [-0.25, -0.2) is 4.98 Å². The van der Waals surface area contributed by atoms with Crippen molar-refractivity contribution < 1.29 is 14.3 Å². The van der Waals surface area contributed by atoms with Gasteiger partial charge >= 0.3 is 0 Å². The van der Waals surface area contributed by atoms with Crippen molar-refractivity contribution in [2.75, 3.05) is 6.61 Å². The van der Waals surface area contributed by atoms with Crippen LogP contribution in [-0.2, 0) is 11.2 Å². The van der Waals surface area contributed by atoms with Crippen molar-refractivity contribution in [2.45, 2.75) is 38.6 Å². The Labute approximate surface area is 128 Å². The number of aliphatic hydroxyl groups excluding tert-OH is 1. The number of nitrogens with one attached hydrogen (secondary N) is 1. The zero-order valence-corrected chi connectivity index (χ0v) is 13.1. The molecule has 0 aliphatic heterocycles. The van der Waals surface area contributed by atoms with E-state index >= 15 is 0 Å². The number of hydrogen-bond donors (Lipinski definition) is 2. The maximum absolute atomic E-state index is 12.1. The number of amides is 1. The number of rotatable bonds is 7. The number of carbonyl (C=O) groups excluding carboxylic acids is 1. The van der Waals surface area contributed by atoms with E-state index in [4.69, 9.17) is 9.52 Å². The van der Waals surface area contributed by atoms with Crippen LogP contribution in [0.3, 0.4) is 0 Å². The van der Waals surface area contributed by atoms with Gasteiger partial charge in [0.15, 0.2) is 10.8 Å². The smallest absolute Gasteiger partial charge is 0.226 e. The van der Waals surface area contributed by atoms with E-state index in [2.05, 4.69) is 10.3 Å². The average molecular weight is 308 g/mol. The van der Waals surface area contributed by atoms with Crippen molar-refractivity contribution in [1.82, 2.24) is 10.3 Å². The van der Waals surface area contributed by atoms with Crippen LogP contribution in [0, 0.1) is 0 Å². The van der Waals surface area contributed by atoms with E-state index in [1.165, 1.54) is 11.3 Å². The third kappa shape index (κ3) is 4.15. The van der Waals surface area contributed by atoms with Gasteiger partial charge in [-0.3, -0.25) is 4.79 Å². The third-order valence-corrected chi connectivity index (χ3v) is 4.42. The largest absolute Gasteiger partial charge is 0.462 e. The van der Waals surface area contributed by atoms with Crippen molar-refractivity contribution in [3.63, 3.8) is 0 Å². The average Bonchev–Trinajstić information content (AvgIpc) is 3.09. The van der Waals surface area contributed by atoms with E-state index in [1.54, 1.807) is 6.26 Å². The minimum absolute atomic E-state index is 0.0595. The fraction of sp³-hybridized carbons (Fsp3) is 0.467. The number of hydrogen-bond acceptors (Lipinski definition) is 5. The van der Waals surface area contributed by atoms with E-state index in [1.807, 2.05) is 31.4 Å². The van der Waals surface area contributed by atoms with Gasteiger partial charge in [0.1, 0.15) is 0 Å². The van der Waals surface area contributed by atoms with E-state index in [0.29, 0.717) is 12.2 Å². The second kappa shape index (κ2) is 6.87. The first-order chi connectivity index (χ1) is 10.1. The van der Waals surface area contributed by atoms with Gasteiger partial charge in [-0.1, -0.05) is 6.92 Å². The highest BCUT2D eigenvalue weighted by Crippen LogP contribution is 2.24. The van der Waals surface area contributed by atoms with Crippen molar-refractivity contribution in [2.24, 2.45) is 0 Å². The Balaban J connectivity index is 1.97. The number of aliphatic hydroxyl groups is 1. The van der Waals surface area contributed by atoms with E-state index in [0.717, 1.165) is 17.1 Å². The van der Waals surface area contributed by atoms with Crippen LogP contribution in [0.1, 0.15) is 32.4 Å². The maximum Gasteiger partial charge on any atom is 0.226 e. The minimum Gasteiger partial charge on any atom is -0.462 e. The minimum atomic E-state index is -0.369. The molecule has 0 radical (unpaired) electrons. The first kappa shape index (κ1) is 15.7. The lowest BCUT2D eigenvalue weighted by atomic mass is 9.94. The van der Waals surface area contributed by atoms with Gasteiger partial charge in [0.2, 0.25) is 5.91 Å². The molecule has 1 unspecified atom stereocenters. The van der Waals surface area contributed by atoms with Crippen LogP contribution in [0.2, 0.25) is 0 Å². The SMILES string of the molecule is CCC(C)(CCO)NC(=O)Cc1csc(-c2ccco2)n1. The van der Waals surface area contributed by atoms with Crippen LogP contribution in [0.4, 0.5) is 0 Å². The molecule has 0 spiro atoms. The summed E-state index contributed by atoms with van der Waals surface area (Å²) in [6.07, 6.45) is 3.15. The summed E-state index contributed by atoms with van der Waals surface area (Å²) >= 11 is 1.46. The quantitative estimate of drug-likeness (QED) is 0.824. The molecule has 1 amide bonds. The molecular formula is C15H20N2O3S. The fourth-order valence-electron chi connectivity index (χ4n) is 2.02. The molecule has 21 heavy (non-hydrogen) atoms. The normalized spacial score (nSPS) is 13.9. The highest BCUT2D eigenvalue weighted by molar-refractivity contribution is 7.13. The Hall–Kier alpha value is -1.66. The van der Waals surface area contributed by atoms with Gasteiger partial charge in [0.25, 0.3) is 0 Å². The lowest BCUT2D eigenvalue weighted by Crippen LogP contribution is -2.46. The van der Waals surface area contributed by atoms with Crippen LogP contribution >= 0.6 is 11.3 Å². The molecule has 0 bridgehead atoms. The van der Waals surface area contributed by atoms with Crippen LogP contribution in [0.15, 0.2) is 28.2 Å². The molecular weight excluding hydrogens is 288 g/mol. The molecule has 0 saturated heterocycles. The molecule has 2 aromatic rings. The highest BCUT2D eigenvalue weighted by atomic mass is 32.1. The van der Waals surface area contributed by atoms with Crippen LogP contribution in [0.5, 0.6) is 0 Å². The van der Waals surface area contributed by atoms with Gasteiger partial charge < -0.3 is 14.8 Å². The Bertz CT molecular complexity index is 580. The molecule has 1 atom stereocenters. The highest BCUT2D eigenvalue weighted by Gasteiger charge is 2.24. The first-order valence-corrected chi connectivity index (χ1v) is 7.84. The second-order valence-corrected chi connectivity index (χ2v) is 6.09. The summed E-state index contributed by atoms with van der Waals surface area (Å²) in [4.78, 5) is 16.5. The molecule has 0 aliphatic rings. The Morgan fingerprint density at radius 2 is 2.38 bits per heavy atom. The molecule has 2 N–H and O–H groups in total. The number of furan rings is 1. The number of nitrogens with zero attached hydrogens (tertiary/aromatic N) is 1. The van der Waals surface area contributed by atoms with Crippen LogP contribution in [-0.4, -0.2) is 28.1 Å². The molecule has 2 rings (SSSR count). The van der Waals surface area contributed by atoms with Gasteiger partial charge in [-0.2, -0.15) is 0 Å². The van der Waals surface area contributed by atoms with Gasteiger partial charge in [0.05, 0.1) is 18.4 Å². The molecule has 2 aromatic heterocycles. The molecule has 0 aliphatic carbocycles. The van der Waals surface area contributed by atoms with E-state index in [-0.39, 0.29) is 24.5 Å².